The average Bonchev–Trinajstić information content (AvgIpc) is 3.75. The molecule has 0 amide bonds. The lowest BCUT2D eigenvalue weighted by Crippen LogP contribution is -2.45. The number of rotatable bonds is 10. The number of nitrogens with zero attached hydrogens (tertiary/aromatic N) is 4. The fourth-order valence-corrected chi connectivity index (χ4v) is 5.23. The number of ether oxygens (including phenoxy) is 1. The number of hydrogen-bond acceptors (Lipinski definition) is 9. The molecule has 1 fully saturated rings. The summed E-state index contributed by atoms with van der Waals surface area (Å²) < 4.78 is 19.6. The van der Waals surface area contributed by atoms with E-state index >= 15 is 0 Å². The maximum absolute atomic E-state index is 13.8. The first-order valence-corrected chi connectivity index (χ1v) is 13.9. The van der Waals surface area contributed by atoms with Crippen molar-refractivity contribution >= 4 is 30.1 Å². The van der Waals surface area contributed by atoms with E-state index in [1.54, 1.807) is 25.4 Å². The first kappa shape index (κ1) is 27.4. The third-order valence-corrected chi connectivity index (χ3v) is 7.68. The van der Waals surface area contributed by atoms with E-state index in [1.165, 1.54) is 12.3 Å². The van der Waals surface area contributed by atoms with E-state index in [0.717, 1.165) is 24.8 Å². The SMILES string of the molecule is [B]C(Nc1cc(OC)c2ncc(C#N)c(N[C@H](CC)c3ccccc3)c2c1)(C1=CN(C2CC2)NN1)c1ccc(F)nc1. The van der Waals surface area contributed by atoms with Gasteiger partial charge in [-0.15, -0.1) is 5.53 Å². The van der Waals surface area contributed by atoms with Gasteiger partial charge < -0.3 is 20.8 Å². The number of anilines is 2. The Morgan fingerprint density at radius 3 is 2.67 bits per heavy atom. The fraction of sp³-hybridized carbons (Fsp3) is 0.258. The van der Waals surface area contributed by atoms with E-state index in [1.807, 2.05) is 35.5 Å². The van der Waals surface area contributed by atoms with Crippen molar-refractivity contribution in [2.75, 3.05) is 17.7 Å². The number of nitriles is 1. The minimum absolute atomic E-state index is 0.0438. The third kappa shape index (κ3) is 5.17. The van der Waals surface area contributed by atoms with Crippen molar-refractivity contribution in [3.8, 4) is 11.8 Å². The summed E-state index contributed by atoms with van der Waals surface area (Å²) in [4.78, 5) is 8.43. The molecular weight excluding hydrogens is 530 g/mol. The minimum Gasteiger partial charge on any atom is -0.494 e. The van der Waals surface area contributed by atoms with Crippen molar-refractivity contribution < 1.29 is 9.13 Å². The zero-order valence-electron chi connectivity index (χ0n) is 23.4. The molecule has 2 aromatic carbocycles. The van der Waals surface area contributed by atoms with Gasteiger partial charge in [0.1, 0.15) is 25.2 Å². The van der Waals surface area contributed by atoms with Crippen LogP contribution >= 0.6 is 0 Å². The highest BCUT2D eigenvalue weighted by molar-refractivity contribution is 6.19. The van der Waals surface area contributed by atoms with Gasteiger partial charge in [0.25, 0.3) is 0 Å². The van der Waals surface area contributed by atoms with Crippen molar-refractivity contribution in [1.82, 2.24) is 25.9 Å². The fourth-order valence-electron chi connectivity index (χ4n) is 5.23. The van der Waals surface area contributed by atoms with E-state index in [0.29, 0.717) is 50.9 Å². The van der Waals surface area contributed by atoms with Gasteiger partial charge in [-0.05, 0) is 42.5 Å². The van der Waals surface area contributed by atoms with E-state index < -0.39 is 11.4 Å². The monoisotopic (exact) mass is 560 g/mol. The molecule has 3 heterocycles. The lowest BCUT2D eigenvalue weighted by atomic mass is 9.70. The summed E-state index contributed by atoms with van der Waals surface area (Å²) in [5.41, 5.74) is 9.52. The summed E-state index contributed by atoms with van der Waals surface area (Å²) in [5, 5.41) is 19.8. The molecule has 1 unspecified atom stereocenters. The van der Waals surface area contributed by atoms with Gasteiger partial charge in [-0.25, -0.2) is 4.98 Å². The van der Waals surface area contributed by atoms with Gasteiger partial charge in [-0.1, -0.05) is 43.3 Å². The maximum Gasteiger partial charge on any atom is 0.212 e. The van der Waals surface area contributed by atoms with Crippen LogP contribution in [0, 0.1) is 17.3 Å². The Labute approximate surface area is 245 Å². The highest BCUT2D eigenvalue weighted by Crippen LogP contribution is 2.40. The average molecular weight is 560 g/mol. The van der Waals surface area contributed by atoms with Crippen molar-refractivity contribution in [2.24, 2.45) is 0 Å². The summed E-state index contributed by atoms with van der Waals surface area (Å²) in [5.74, 6) is -0.102. The van der Waals surface area contributed by atoms with Gasteiger partial charge in [0.2, 0.25) is 5.95 Å². The smallest absolute Gasteiger partial charge is 0.212 e. The normalized spacial score (nSPS) is 16.6. The second kappa shape index (κ2) is 11.2. The highest BCUT2D eigenvalue weighted by Gasteiger charge is 2.38. The van der Waals surface area contributed by atoms with Crippen LogP contribution in [0.15, 0.2) is 78.9 Å². The second-order valence-electron chi connectivity index (χ2n) is 10.5. The number of methoxy groups -OCH3 is 1. The number of hydrogen-bond donors (Lipinski definition) is 4. The molecule has 9 nitrogen and oxygen atoms in total. The van der Waals surface area contributed by atoms with Crippen LogP contribution in [-0.2, 0) is 5.44 Å². The van der Waals surface area contributed by atoms with Crippen LogP contribution in [-0.4, -0.2) is 36.0 Å². The molecule has 4 N–H and O–H groups in total. The molecule has 0 spiro atoms. The van der Waals surface area contributed by atoms with Crippen LogP contribution in [0.5, 0.6) is 5.75 Å². The number of hydrazine groups is 2. The third-order valence-electron chi connectivity index (χ3n) is 7.68. The topological polar surface area (TPSA) is 110 Å². The predicted octanol–water partition coefficient (Wildman–Crippen LogP) is 4.97. The van der Waals surface area contributed by atoms with Gasteiger partial charge in [-0.2, -0.15) is 9.65 Å². The molecule has 2 radical (unpaired) electrons. The first-order chi connectivity index (χ1) is 20.4. The highest BCUT2D eigenvalue weighted by atomic mass is 19.1. The first-order valence-electron chi connectivity index (χ1n) is 13.9. The van der Waals surface area contributed by atoms with Crippen molar-refractivity contribution in [3.63, 3.8) is 0 Å². The van der Waals surface area contributed by atoms with Gasteiger partial charge in [0, 0.05) is 41.8 Å². The zero-order valence-corrected chi connectivity index (χ0v) is 23.4. The van der Waals surface area contributed by atoms with Crippen molar-refractivity contribution in [1.29, 1.82) is 5.26 Å². The molecule has 1 aliphatic carbocycles. The maximum atomic E-state index is 13.8. The van der Waals surface area contributed by atoms with Crippen LogP contribution in [0.3, 0.4) is 0 Å². The number of pyridine rings is 2. The Morgan fingerprint density at radius 1 is 1.19 bits per heavy atom. The summed E-state index contributed by atoms with van der Waals surface area (Å²) >= 11 is 0. The quantitative estimate of drug-likeness (QED) is 0.158. The van der Waals surface area contributed by atoms with Crippen LogP contribution in [0.1, 0.15) is 48.9 Å². The van der Waals surface area contributed by atoms with Crippen LogP contribution in [0.4, 0.5) is 15.8 Å². The molecule has 2 aliphatic rings. The summed E-state index contributed by atoms with van der Waals surface area (Å²) in [7, 11) is 8.67. The summed E-state index contributed by atoms with van der Waals surface area (Å²) in [6.07, 6.45) is 7.84. The zero-order chi connectivity index (χ0) is 29.3. The molecular formula is C31H30BFN8O. The largest absolute Gasteiger partial charge is 0.494 e. The standard InChI is InChI=1S/C31H30BFN8O/c1-3-25(19-7-5-4-6-8-19)37-29-20(15-34)16-36-30-24(29)13-22(14-26(30)42-2)38-31(32,21-9-12-28(33)35-17-21)27-18-41(40-39-27)23-10-11-23/h4-9,12-14,16-18,23,25,38-40H,3,10-11H2,1-2H3,(H,36,37)/t25-,31?/m1/s1. The summed E-state index contributed by atoms with van der Waals surface area (Å²) in [6, 6.07) is 19.3. The Bertz CT molecular complexity index is 1670. The van der Waals surface area contributed by atoms with Crippen molar-refractivity contribution in [3.05, 3.63) is 102 Å². The molecule has 0 saturated heterocycles. The van der Waals surface area contributed by atoms with Gasteiger partial charge in [0.05, 0.1) is 35.5 Å². The van der Waals surface area contributed by atoms with Crippen LogP contribution in [0.25, 0.3) is 10.9 Å². The molecule has 4 aromatic rings. The molecule has 42 heavy (non-hydrogen) atoms. The molecule has 1 saturated carbocycles. The number of fused-ring (bicyclic) bond motifs is 1. The number of halogens is 1. The Balaban J connectivity index is 1.46. The molecule has 2 atom stereocenters. The molecule has 2 aromatic heterocycles. The molecule has 1 aliphatic heterocycles. The van der Waals surface area contributed by atoms with Gasteiger partial charge >= 0.3 is 0 Å². The molecule has 210 valence electrons. The van der Waals surface area contributed by atoms with E-state index in [9.17, 15) is 9.65 Å². The van der Waals surface area contributed by atoms with Crippen LogP contribution < -0.4 is 26.3 Å². The minimum atomic E-state index is -1.33. The number of benzene rings is 2. The van der Waals surface area contributed by atoms with E-state index in [4.69, 9.17) is 12.6 Å². The lowest BCUT2D eigenvalue weighted by molar-refractivity contribution is 0.260. The molecule has 11 heteroatoms. The molecule has 6 rings (SSSR count). The summed E-state index contributed by atoms with van der Waals surface area (Å²) in [6.45, 7) is 2.09. The predicted molar refractivity (Wildman–Crippen MR) is 161 cm³/mol. The second-order valence-corrected chi connectivity index (χ2v) is 10.5. The Kier molecular flexibility index (Phi) is 7.31. The number of nitrogens with one attached hydrogen (secondary N) is 4. The lowest BCUT2D eigenvalue weighted by Gasteiger charge is -2.34. The van der Waals surface area contributed by atoms with Crippen LogP contribution in [0.2, 0.25) is 0 Å². The van der Waals surface area contributed by atoms with E-state index in [2.05, 4.69) is 56.7 Å². The van der Waals surface area contributed by atoms with Gasteiger partial charge in [0.15, 0.2) is 0 Å². The van der Waals surface area contributed by atoms with Crippen molar-refractivity contribution in [2.45, 2.75) is 43.7 Å². The van der Waals surface area contributed by atoms with Gasteiger partial charge in [-0.3, -0.25) is 9.99 Å². The Hall–Kier alpha value is -4.82. The Morgan fingerprint density at radius 2 is 2.00 bits per heavy atom. The number of aromatic nitrogens is 2. The molecule has 0 bridgehead atoms. The van der Waals surface area contributed by atoms with E-state index in [-0.39, 0.29) is 6.04 Å².